The lowest BCUT2D eigenvalue weighted by molar-refractivity contribution is 0.571. The molecule has 1 aliphatic carbocycles. The second-order valence-electron chi connectivity index (χ2n) is 3.45. The smallest absolute Gasteiger partial charge is 0.245 e. The maximum Gasteiger partial charge on any atom is 0.245 e. The van der Waals surface area contributed by atoms with Gasteiger partial charge in [0.25, 0.3) is 0 Å². The summed E-state index contributed by atoms with van der Waals surface area (Å²) in [5.74, 6) is -0.0263. The quantitative estimate of drug-likeness (QED) is 0.730. The summed E-state index contributed by atoms with van der Waals surface area (Å²) < 4.78 is 23.7. The van der Waals surface area contributed by atoms with Crippen molar-refractivity contribution in [3.05, 3.63) is 0 Å². The van der Waals surface area contributed by atoms with Gasteiger partial charge in [0.15, 0.2) is 0 Å². The molecule has 1 aromatic rings. The van der Waals surface area contributed by atoms with Crippen molar-refractivity contribution < 1.29 is 8.42 Å². The maximum absolute atomic E-state index is 11.9. The lowest BCUT2D eigenvalue weighted by atomic mass is 10.4. The molecule has 1 saturated carbocycles. The summed E-state index contributed by atoms with van der Waals surface area (Å²) >= 11 is 0. The molecule has 0 aromatic carbocycles. The zero-order chi connectivity index (χ0) is 10.2. The molecule has 3 N–H and O–H groups in total. The van der Waals surface area contributed by atoms with Crippen molar-refractivity contribution in [2.75, 3.05) is 5.73 Å². The Morgan fingerprint density at radius 2 is 2.00 bits per heavy atom. The van der Waals surface area contributed by atoms with Crippen molar-refractivity contribution in [1.82, 2.24) is 15.2 Å². The number of nitrogen functional groups attached to an aromatic ring is 1. The van der Waals surface area contributed by atoms with Gasteiger partial charge in [0.1, 0.15) is 0 Å². The number of rotatable bonds is 2. The molecule has 7 heteroatoms. The molecule has 0 radical (unpaired) electrons. The summed E-state index contributed by atoms with van der Waals surface area (Å²) in [7, 11) is -3.33. The highest BCUT2D eigenvalue weighted by Crippen LogP contribution is 2.27. The van der Waals surface area contributed by atoms with E-state index in [1.165, 1.54) is 0 Å². The molecule has 0 atom stereocenters. The van der Waals surface area contributed by atoms with Crippen LogP contribution in [0.15, 0.2) is 5.16 Å². The van der Waals surface area contributed by atoms with Crippen molar-refractivity contribution in [3.8, 4) is 0 Å². The van der Waals surface area contributed by atoms with Crippen LogP contribution >= 0.6 is 0 Å². The fourth-order valence-electron chi connectivity index (χ4n) is 1.74. The van der Waals surface area contributed by atoms with Crippen molar-refractivity contribution in [2.45, 2.75) is 36.1 Å². The minimum Gasteiger partial charge on any atom is -0.366 e. The van der Waals surface area contributed by atoms with Gasteiger partial charge in [-0.2, -0.15) is 4.98 Å². The average Bonchev–Trinajstić information content (AvgIpc) is 2.72. The number of anilines is 1. The molecule has 2 rings (SSSR count). The standard InChI is InChI=1S/C7H12N4O2S/c8-6-9-7(11-10-6)14(12,13)5-3-1-2-4-5/h5H,1-4H2,(H3,8,9,10,11). The van der Waals surface area contributed by atoms with Gasteiger partial charge in [0.2, 0.25) is 20.9 Å². The van der Waals surface area contributed by atoms with Crippen LogP contribution in [0.1, 0.15) is 25.7 Å². The first-order valence-corrected chi connectivity index (χ1v) is 6.07. The highest BCUT2D eigenvalue weighted by Gasteiger charge is 2.32. The molecule has 0 bridgehead atoms. The monoisotopic (exact) mass is 216 g/mol. The zero-order valence-electron chi connectivity index (χ0n) is 7.60. The molecule has 1 aliphatic rings. The number of nitrogens with two attached hydrogens (primary N) is 1. The summed E-state index contributed by atoms with van der Waals surface area (Å²) in [6.45, 7) is 0. The number of hydrogen-bond donors (Lipinski definition) is 2. The van der Waals surface area contributed by atoms with Crippen LogP contribution in [-0.4, -0.2) is 28.8 Å². The Morgan fingerprint density at radius 1 is 1.36 bits per heavy atom. The predicted molar refractivity (Wildman–Crippen MR) is 50.2 cm³/mol. The van der Waals surface area contributed by atoms with E-state index in [9.17, 15) is 8.42 Å². The first-order chi connectivity index (χ1) is 6.60. The summed E-state index contributed by atoms with van der Waals surface area (Å²) in [6.07, 6.45) is 3.35. The van der Waals surface area contributed by atoms with E-state index in [1.807, 2.05) is 0 Å². The van der Waals surface area contributed by atoms with Crippen molar-refractivity contribution in [1.29, 1.82) is 0 Å². The Bertz CT molecular complexity index is 419. The number of aromatic amines is 1. The van der Waals surface area contributed by atoms with Gasteiger partial charge in [-0.3, -0.25) is 0 Å². The van der Waals surface area contributed by atoms with E-state index < -0.39 is 9.84 Å². The second-order valence-corrected chi connectivity index (χ2v) is 5.59. The molecule has 1 fully saturated rings. The van der Waals surface area contributed by atoms with Gasteiger partial charge in [-0.25, -0.2) is 13.5 Å². The average molecular weight is 216 g/mol. The van der Waals surface area contributed by atoms with E-state index in [-0.39, 0.29) is 16.4 Å². The highest BCUT2D eigenvalue weighted by atomic mass is 32.2. The lowest BCUT2D eigenvalue weighted by Crippen LogP contribution is -2.19. The third kappa shape index (κ3) is 1.47. The first-order valence-electron chi connectivity index (χ1n) is 4.52. The molecule has 1 aromatic heterocycles. The third-order valence-electron chi connectivity index (χ3n) is 2.49. The molecular weight excluding hydrogens is 204 g/mol. The molecule has 0 saturated heterocycles. The minimum atomic E-state index is -3.33. The Hall–Kier alpha value is -1.11. The number of H-pyrrole nitrogens is 1. The van der Waals surface area contributed by atoms with Crippen LogP contribution in [0.25, 0.3) is 0 Å². The Labute approximate surface area is 81.8 Å². The Kier molecular flexibility index (Phi) is 2.18. The lowest BCUT2D eigenvalue weighted by Gasteiger charge is -2.06. The Morgan fingerprint density at radius 3 is 2.50 bits per heavy atom. The molecule has 1 heterocycles. The molecule has 0 unspecified atom stereocenters. The van der Waals surface area contributed by atoms with Crippen LogP contribution in [0.3, 0.4) is 0 Å². The molecule has 6 nitrogen and oxygen atoms in total. The summed E-state index contributed by atoms with van der Waals surface area (Å²) in [4.78, 5) is 3.65. The summed E-state index contributed by atoms with van der Waals surface area (Å²) in [5, 5.41) is 5.46. The summed E-state index contributed by atoms with van der Waals surface area (Å²) in [5.41, 5.74) is 5.26. The SMILES string of the molecule is Nc1n[nH]c(S(=O)(=O)C2CCCC2)n1. The van der Waals surface area contributed by atoms with Crippen LogP contribution in [0.5, 0.6) is 0 Å². The largest absolute Gasteiger partial charge is 0.366 e. The van der Waals surface area contributed by atoms with Crippen LogP contribution in [-0.2, 0) is 9.84 Å². The molecule has 78 valence electrons. The number of nitrogens with one attached hydrogen (secondary N) is 1. The molecule has 0 amide bonds. The van der Waals surface area contributed by atoms with Crippen LogP contribution < -0.4 is 5.73 Å². The van der Waals surface area contributed by atoms with Gasteiger partial charge < -0.3 is 5.73 Å². The van der Waals surface area contributed by atoms with Gasteiger partial charge >= 0.3 is 0 Å². The van der Waals surface area contributed by atoms with Gasteiger partial charge in [-0.1, -0.05) is 12.8 Å². The first kappa shape index (κ1) is 9.45. The van der Waals surface area contributed by atoms with Crippen LogP contribution in [0.2, 0.25) is 0 Å². The highest BCUT2D eigenvalue weighted by molar-refractivity contribution is 7.91. The van der Waals surface area contributed by atoms with E-state index in [4.69, 9.17) is 5.73 Å². The van der Waals surface area contributed by atoms with Gasteiger partial charge in [0.05, 0.1) is 5.25 Å². The van der Waals surface area contributed by atoms with Crippen molar-refractivity contribution >= 4 is 15.8 Å². The van der Waals surface area contributed by atoms with Crippen molar-refractivity contribution in [3.63, 3.8) is 0 Å². The van der Waals surface area contributed by atoms with E-state index in [0.29, 0.717) is 12.8 Å². The van der Waals surface area contributed by atoms with E-state index in [0.717, 1.165) is 12.8 Å². The predicted octanol–water partition coefficient (Wildman–Crippen LogP) is 0.103. The van der Waals surface area contributed by atoms with Gasteiger partial charge in [0, 0.05) is 0 Å². The number of nitrogens with zero attached hydrogens (tertiary/aromatic N) is 2. The maximum atomic E-state index is 11.9. The normalized spacial score (nSPS) is 18.9. The number of aromatic nitrogens is 3. The van der Waals surface area contributed by atoms with E-state index in [2.05, 4.69) is 15.2 Å². The topological polar surface area (TPSA) is 102 Å². The summed E-state index contributed by atoms with van der Waals surface area (Å²) in [6, 6.07) is 0. The molecular formula is C7H12N4O2S. The van der Waals surface area contributed by atoms with Crippen molar-refractivity contribution in [2.24, 2.45) is 0 Å². The second kappa shape index (κ2) is 3.23. The van der Waals surface area contributed by atoms with Crippen LogP contribution in [0, 0.1) is 0 Å². The Balaban J connectivity index is 2.32. The zero-order valence-corrected chi connectivity index (χ0v) is 8.42. The van der Waals surface area contributed by atoms with E-state index in [1.54, 1.807) is 0 Å². The van der Waals surface area contributed by atoms with Gasteiger partial charge in [-0.05, 0) is 12.8 Å². The number of hydrogen-bond acceptors (Lipinski definition) is 5. The molecule has 0 spiro atoms. The minimum absolute atomic E-state index is 0.0263. The fourth-order valence-corrected chi connectivity index (χ4v) is 3.41. The van der Waals surface area contributed by atoms with Crippen LogP contribution in [0.4, 0.5) is 5.95 Å². The fraction of sp³-hybridized carbons (Fsp3) is 0.714. The molecule has 0 aliphatic heterocycles. The van der Waals surface area contributed by atoms with E-state index >= 15 is 0 Å². The number of sulfone groups is 1. The third-order valence-corrected chi connectivity index (χ3v) is 4.56. The van der Waals surface area contributed by atoms with Gasteiger partial charge in [-0.15, -0.1) is 5.10 Å². The molecule has 14 heavy (non-hydrogen) atoms.